The van der Waals surface area contributed by atoms with Crippen LogP contribution in [0.4, 0.5) is 0 Å². The van der Waals surface area contributed by atoms with Gasteiger partial charge in [-0.05, 0) is 38.0 Å². The highest BCUT2D eigenvalue weighted by Gasteiger charge is 2.42. The lowest BCUT2D eigenvalue weighted by molar-refractivity contribution is -0.148. The van der Waals surface area contributed by atoms with Gasteiger partial charge in [-0.2, -0.15) is 0 Å². The Labute approximate surface area is 161 Å². The van der Waals surface area contributed by atoms with E-state index in [-0.39, 0.29) is 23.3 Å². The predicted octanol–water partition coefficient (Wildman–Crippen LogP) is 1.94. The van der Waals surface area contributed by atoms with Crippen molar-refractivity contribution in [2.45, 2.75) is 58.6 Å². The molecule has 148 valence electrons. The Morgan fingerprint density at radius 2 is 2.00 bits per heavy atom. The van der Waals surface area contributed by atoms with Crippen LogP contribution in [0.25, 0.3) is 0 Å². The zero-order chi connectivity index (χ0) is 19.4. The summed E-state index contributed by atoms with van der Waals surface area (Å²) >= 11 is 0. The molecule has 2 aliphatic heterocycles. The molecule has 2 amide bonds. The molecule has 0 radical (unpaired) electrons. The van der Waals surface area contributed by atoms with E-state index in [4.69, 9.17) is 4.74 Å². The number of piperidine rings is 2. The molecule has 1 aromatic rings. The van der Waals surface area contributed by atoms with Gasteiger partial charge in [0.1, 0.15) is 6.10 Å². The number of amides is 2. The van der Waals surface area contributed by atoms with Gasteiger partial charge in [-0.3, -0.25) is 19.6 Å². The lowest BCUT2D eigenvalue weighted by Crippen LogP contribution is -2.53. The zero-order valence-corrected chi connectivity index (χ0v) is 16.6. The van der Waals surface area contributed by atoms with Crippen molar-refractivity contribution in [3.63, 3.8) is 0 Å². The molecule has 2 saturated heterocycles. The minimum absolute atomic E-state index is 0.0912. The van der Waals surface area contributed by atoms with Crippen LogP contribution in [0, 0.1) is 12.3 Å². The highest BCUT2D eigenvalue weighted by atomic mass is 16.5. The molecule has 2 aliphatic rings. The zero-order valence-electron chi connectivity index (χ0n) is 16.6. The molecule has 2 fully saturated rings. The number of hydrogen-bond donors (Lipinski definition) is 0. The SMILES string of the molecule is CCC(OC)C(=O)N1CCC2(CCC(=O)N(Cc3cnc(C)cn3)C2)CC1. The van der Waals surface area contributed by atoms with E-state index < -0.39 is 0 Å². The fraction of sp³-hybridized carbons (Fsp3) is 0.700. The van der Waals surface area contributed by atoms with Gasteiger partial charge in [0, 0.05) is 39.4 Å². The lowest BCUT2D eigenvalue weighted by Gasteiger charge is -2.47. The maximum Gasteiger partial charge on any atom is 0.251 e. The quantitative estimate of drug-likeness (QED) is 0.787. The van der Waals surface area contributed by atoms with E-state index in [1.807, 2.05) is 23.6 Å². The molecule has 0 saturated carbocycles. The van der Waals surface area contributed by atoms with Crippen molar-refractivity contribution in [2.24, 2.45) is 5.41 Å². The second kappa shape index (κ2) is 8.33. The molecule has 0 bridgehead atoms. The number of aryl methyl sites for hydroxylation is 1. The van der Waals surface area contributed by atoms with Crippen LogP contribution in [-0.2, 0) is 20.9 Å². The molecule has 0 N–H and O–H groups in total. The first-order chi connectivity index (χ1) is 13.0. The Morgan fingerprint density at radius 3 is 2.59 bits per heavy atom. The number of ether oxygens (including phenoxy) is 1. The summed E-state index contributed by atoms with van der Waals surface area (Å²) in [7, 11) is 1.59. The molecule has 3 rings (SSSR count). The summed E-state index contributed by atoms with van der Waals surface area (Å²) in [5.74, 6) is 0.278. The first-order valence-corrected chi connectivity index (χ1v) is 9.83. The molecule has 7 nitrogen and oxygen atoms in total. The monoisotopic (exact) mass is 374 g/mol. The molecule has 1 aromatic heterocycles. The first-order valence-electron chi connectivity index (χ1n) is 9.83. The third-order valence-corrected chi connectivity index (χ3v) is 6.00. The van der Waals surface area contributed by atoms with Crippen molar-refractivity contribution in [1.29, 1.82) is 0 Å². The van der Waals surface area contributed by atoms with Crippen LogP contribution in [0.1, 0.15) is 50.4 Å². The Bertz CT molecular complexity index is 664. The standard InChI is InChI=1S/C20H30N4O3/c1-4-17(27-3)19(26)23-9-7-20(8-10-23)6-5-18(25)24(14-20)13-16-12-21-15(2)11-22-16/h11-12,17H,4-10,13-14H2,1-3H3. The van der Waals surface area contributed by atoms with E-state index in [1.165, 1.54) is 0 Å². The number of rotatable bonds is 5. The Balaban J connectivity index is 1.61. The summed E-state index contributed by atoms with van der Waals surface area (Å²) in [5, 5.41) is 0. The van der Waals surface area contributed by atoms with E-state index in [0.717, 1.165) is 50.3 Å². The van der Waals surface area contributed by atoms with Gasteiger partial charge in [0.15, 0.2) is 0 Å². The summed E-state index contributed by atoms with van der Waals surface area (Å²) in [4.78, 5) is 37.5. The molecule has 7 heteroatoms. The smallest absolute Gasteiger partial charge is 0.251 e. The number of methoxy groups -OCH3 is 1. The highest BCUT2D eigenvalue weighted by molar-refractivity contribution is 5.81. The largest absolute Gasteiger partial charge is 0.372 e. The molecular weight excluding hydrogens is 344 g/mol. The Hall–Kier alpha value is -2.02. The van der Waals surface area contributed by atoms with Crippen LogP contribution < -0.4 is 0 Å². The minimum atomic E-state index is -0.344. The van der Waals surface area contributed by atoms with E-state index in [9.17, 15) is 9.59 Å². The minimum Gasteiger partial charge on any atom is -0.372 e. The lowest BCUT2D eigenvalue weighted by atomic mass is 9.72. The van der Waals surface area contributed by atoms with E-state index in [1.54, 1.807) is 19.5 Å². The van der Waals surface area contributed by atoms with Gasteiger partial charge < -0.3 is 14.5 Å². The number of hydrogen-bond acceptors (Lipinski definition) is 5. The molecule has 1 spiro atoms. The number of likely N-dealkylation sites (tertiary alicyclic amines) is 2. The van der Waals surface area contributed by atoms with Crippen LogP contribution in [0.3, 0.4) is 0 Å². The summed E-state index contributed by atoms with van der Waals surface area (Å²) < 4.78 is 5.30. The van der Waals surface area contributed by atoms with Crippen LogP contribution in [0.15, 0.2) is 12.4 Å². The molecular formula is C20H30N4O3. The van der Waals surface area contributed by atoms with Gasteiger partial charge in [-0.1, -0.05) is 6.92 Å². The summed E-state index contributed by atoms with van der Waals surface area (Å²) in [6, 6.07) is 0. The fourth-order valence-corrected chi connectivity index (χ4v) is 4.20. The second-order valence-corrected chi connectivity index (χ2v) is 7.86. The molecule has 0 aromatic carbocycles. The number of carbonyl (C=O) groups is 2. The van der Waals surface area contributed by atoms with Crippen molar-refractivity contribution in [3.05, 3.63) is 23.8 Å². The molecule has 27 heavy (non-hydrogen) atoms. The maximum atomic E-state index is 12.5. The molecule has 0 aliphatic carbocycles. The predicted molar refractivity (Wildman–Crippen MR) is 101 cm³/mol. The van der Waals surface area contributed by atoms with E-state index >= 15 is 0 Å². The highest BCUT2D eigenvalue weighted by Crippen LogP contribution is 2.40. The summed E-state index contributed by atoms with van der Waals surface area (Å²) in [5.41, 5.74) is 1.81. The Morgan fingerprint density at radius 1 is 1.26 bits per heavy atom. The normalized spacial score (nSPS) is 20.8. The maximum absolute atomic E-state index is 12.5. The molecule has 1 unspecified atom stereocenters. The van der Waals surface area contributed by atoms with Crippen molar-refractivity contribution in [2.75, 3.05) is 26.7 Å². The van der Waals surface area contributed by atoms with Crippen molar-refractivity contribution in [3.8, 4) is 0 Å². The fourth-order valence-electron chi connectivity index (χ4n) is 4.20. The Kier molecular flexibility index (Phi) is 6.09. The molecule has 1 atom stereocenters. The topological polar surface area (TPSA) is 75.6 Å². The van der Waals surface area contributed by atoms with Gasteiger partial charge >= 0.3 is 0 Å². The average Bonchev–Trinajstić information content (AvgIpc) is 2.68. The van der Waals surface area contributed by atoms with Crippen LogP contribution in [0.5, 0.6) is 0 Å². The van der Waals surface area contributed by atoms with Gasteiger partial charge in [0.05, 0.1) is 24.1 Å². The van der Waals surface area contributed by atoms with E-state index in [0.29, 0.717) is 19.4 Å². The average molecular weight is 374 g/mol. The second-order valence-electron chi connectivity index (χ2n) is 7.86. The van der Waals surface area contributed by atoms with Crippen molar-refractivity contribution in [1.82, 2.24) is 19.8 Å². The first kappa shape index (κ1) is 19.7. The number of carbonyl (C=O) groups excluding carboxylic acids is 2. The van der Waals surface area contributed by atoms with Gasteiger partial charge in [0.2, 0.25) is 5.91 Å². The van der Waals surface area contributed by atoms with Gasteiger partial charge in [-0.25, -0.2) is 0 Å². The molecule has 3 heterocycles. The van der Waals surface area contributed by atoms with Crippen molar-refractivity contribution < 1.29 is 14.3 Å². The van der Waals surface area contributed by atoms with Crippen LogP contribution in [0.2, 0.25) is 0 Å². The number of aromatic nitrogens is 2. The third-order valence-electron chi connectivity index (χ3n) is 6.00. The van der Waals surface area contributed by atoms with Gasteiger partial charge in [0.25, 0.3) is 5.91 Å². The third kappa shape index (κ3) is 4.46. The van der Waals surface area contributed by atoms with Crippen LogP contribution in [-0.4, -0.2) is 64.4 Å². The van der Waals surface area contributed by atoms with Crippen molar-refractivity contribution >= 4 is 11.8 Å². The van der Waals surface area contributed by atoms with Gasteiger partial charge in [-0.15, -0.1) is 0 Å². The number of nitrogens with zero attached hydrogens (tertiary/aromatic N) is 4. The van der Waals surface area contributed by atoms with E-state index in [2.05, 4.69) is 9.97 Å². The van der Waals surface area contributed by atoms with Crippen LogP contribution >= 0.6 is 0 Å². The summed E-state index contributed by atoms with van der Waals surface area (Å²) in [6.07, 6.45) is 7.18. The summed E-state index contributed by atoms with van der Waals surface area (Å²) in [6.45, 7) is 6.61.